The van der Waals surface area contributed by atoms with Crippen LogP contribution in [-0.2, 0) is 10.0 Å². The molecule has 0 saturated carbocycles. The lowest BCUT2D eigenvalue weighted by Gasteiger charge is -2.15. The summed E-state index contributed by atoms with van der Waals surface area (Å²) in [5.74, 6) is 0. The zero-order valence-corrected chi connectivity index (χ0v) is 16.6. The van der Waals surface area contributed by atoms with Crippen LogP contribution in [0.15, 0.2) is 53.9 Å². The number of hydrogen-bond donors (Lipinski definition) is 2. The lowest BCUT2D eigenvalue weighted by molar-refractivity contribution is 0.593. The van der Waals surface area contributed by atoms with Gasteiger partial charge in [0.05, 0.1) is 33.1 Å². The Hall–Kier alpha value is -2.82. The molecule has 1 aromatic heterocycles. The van der Waals surface area contributed by atoms with E-state index in [2.05, 4.69) is 4.72 Å². The number of nitrogen functional groups attached to an aromatic ring is 1. The van der Waals surface area contributed by atoms with Crippen LogP contribution in [0.5, 0.6) is 0 Å². The van der Waals surface area contributed by atoms with Crippen molar-refractivity contribution >= 4 is 32.7 Å². The maximum Gasteiger partial charge on any atom is 0.235 e. The third-order valence-electron chi connectivity index (χ3n) is 4.18. The second-order valence-corrected chi connectivity index (χ2v) is 9.50. The van der Waals surface area contributed by atoms with E-state index in [-0.39, 0.29) is 0 Å². The Balaban J connectivity index is 2.04. The minimum Gasteiger partial charge on any atom is -0.398 e. The standard InChI is InChI=1S/C20H19N3O2S2/c1-13(2)27(24,25)23-19-11-14(12-21)3-8-17(19)15-4-6-16(7-5-15)20-18(22)9-10-26-20/h3-11,13,23H,22H2,1-2H3. The number of hydrogen-bond acceptors (Lipinski definition) is 5. The van der Waals surface area contributed by atoms with Crippen molar-refractivity contribution in [2.24, 2.45) is 0 Å². The monoisotopic (exact) mass is 397 g/mol. The fourth-order valence-corrected chi connectivity index (χ4v) is 4.11. The van der Waals surface area contributed by atoms with Crippen molar-refractivity contribution in [3.8, 4) is 27.6 Å². The second kappa shape index (κ2) is 7.43. The third kappa shape index (κ3) is 3.97. The predicted molar refractivity (Wildman–Crippen MR) is 112 cm³/mol. The maximum absolute atomic E-state index is 12.3. The number of nitrogens with two attached hydrogens (primary N) is 1. The SMILES string of the molecule is CC(C)S(=O)(=O)Nc1cc(C#N)ccc1-c1ccc(-c2sccc2N)cc1. The highest BCUT2D eigenvalue weighted by Gasteiger charge is 2.18. The van der Waals surface area contributed by atoms with Gasteiger partial charge in [-0.1, -0.05) is 30.3 Å². The Morgan fingerprint density at radius 1 is 1.07 bits per heavy atom. The first-order chi connectivity index (χ1) is 12.8. The molecule has 0 unspecified atom stereocenters. The molecule has 0 amide bonds. The molecule has 0 aliphatic heterocycles. The quantitative estimate of drug-likeness (QED) is 0.653. The van der Waals surface area contributed by atoms with E-state index in [9.17, 15) is 8.42 Å². The summed E-state index contributed by atoms with van der Waals surface area (Å²) in [5.41, 5.74) is 10.1. The van der Waals surface area contributed by atoms with E-state index in [1.807, 2.05) is 41.8 Å². The summed E-state index contributed by atoms with van der Waals surface area (Å²) < 4.78 is 27.3. The number of thiophene rings is 1. The lowest BCUT2D eigenvalue weighted by atomic mass is 10.0. The number of nitrogens with one attached hydrogen (secondary N) is 1. The van der Waals surface area contributed by atoms with Crippen molar-refractivity contribution < 1.29 is 8.42 Å². The van der Waals surface area contributed by atoms with Gasteiger partial charge >= 0.3 is 0 Å². The molecular weight excluding hydrogens is 378 g/mol. The van der Waals surface area contributed by atoms with Crippen LogP contribution in [0.3, 0.4) is 0 Å². The van der Waals surface area contributed by atoms with Crippen LogP contribution in [0.25, 0.3) is 21.6 Å². The molecule has 138 valence electrons. The van der Waals surface area contributed by atoms with Crippen LogP contribution in [0.2, 0.25) is 0 Å². The van der Waals surface area contributed by atoms with Crippen molar-refractivity contribution in [2.75, 3.05) is 10.5 Å². The van der Waals surface area contributed by atoms with E-state index in [0.29, 0.717) is 16.8 Å². The molecule has 7 heteroatoms. The minimum absolute atomic E-state index is 0.392. The Labute approximate surface area is 163 Å². The maximum atomic E-state index is 12.3. The van der Waals surface area contributed by atoms with Gasteiger partial charge in [-0.25, -0.2) is 8.42 Å². The van der Waals surface area contributed by atoms with Gasteiger partial charge in [-0.2, -0.15) is 5.26 Å². The highest BCUT2D eigenvalue weighted by molar-refractivity contribution is 7.93. The molecule has 0 aliphatic carbocycles. The normalized spacial score (nSPS) is 11.3. The number of anilines is 2. The average molecular weight is 398 g/mol. The topological polar surface area (TPSA) is 96.0 Å². The molecule has 0 bridgehead atoms. The van der Waals surface area contributed by atoms with Crippen molar-refractivity contribution in [3.05, 3.63) is 59.5 Å². The van der Waals surface area contributed by atoms with Crippen molar-refractivity contribution in [1.29, 1.82) is 5.26 Å². The van der Waals surface area contributed by atoms with Gasteiger partial charge in [0.25, 0.3) is 0 Å². The number of benzene rings is 2. The van der Waals surface area contributed by atoms with Gasteiger partial charge in [-0.05, 0) is 48.6 Å². The van der Waals surface area contributed by atoms with Crippen LogP contribution in [-0.4, -0.2) is 13.7 Å². The summed E-state index contributed by atoms with van der Waals surface area (Å²) in [4.78, 5) is 1.00. The molecule has 3 rings (SSSR count). The first-order valence-electron chi connectivity index (χ1n) is 8.31. The third-order valence-corrected chi connectivity index (χ3v) is 6.90. The highest BCUT2D eigenvalue weighted by Crippen LogP contribution is 2.35. The first kappa shape index (κ1) is 19.0. The fraction of sp³-hybridized carbons (Fsp3) is 0.150. The molecule has 0 saturated heterocycles. The van der Waals surface area contributed by atoms with Gasteiger partial charge in [0, 0.05) is 5.56 Å². The molecule has 0 radical (unpaired) electrons. The summed E-state index contributed by atoms with van der Waals surface area (Å²) in [6.07, 6.45) is 0. The molecular formula is C20H19N3O2S2. The summed E-state index contributed by atoms with van der Waals surface area (Å²) >= 11 is 1.57. The Kier molecular flexibility index (Phi) is 5.22. The summed E-state index contributed by atoms with van der Waals surface area (Å²) in [5, 5.41) is 10.5. The highest BCUT2D eigenvalue weighted by atomic mass is 32.2. The van der Waals surface area contributed by atoms with Crippen LogP contribution in [0, 0.1) is 11.3 Å². The molecule has 0 fully saturated rings. The van der Waals surface area contributed by atoms with Crippen molar-refractivity contribution in [1.82, 2.24) is 0 Å². The van der Waals surface area contributed by atoms with Crippen LogP contribution in [0.4, 0.5) is 11.4 Å². The van der Waals surface area contributed by atoms with Crippen molar-refractivity contribution in [3.63, 3.8) is 0 Å². The fourth-order valence-electron chi connectivity index (χ4n) is 2.58. The molecule has 27 heavy (non-hydrogen) atoms. The van der Waals surface area contributed by atoms with E-state index in [1.54, 1.807) is 43.4 Å². The van der Waals surface area contributed by atoms with E-state index < -0.39 is 15.3 Å². The van der Waals surface area contributed by atoms with E-state index >= 15 is 0 Å². The minimum atomic E-state index is -3.53. The van der Waals surface area contributed by atoms with Crippen LogP contribution < -0.4 is 10.5 Å². The number of nitriles is 1. The molecule has 2 aromatic carbocycles. The van der Waals surface area contributed by atoms with Gasteiger partial charge in [0.2, 0.25) is 10.0 Å². The van der Waals surface area contributed by atoms with Gasteiger partial charge in [-0.3, -0.25) is 4.72 Å². The molecule has 3 aromatic rings. The number of nitrogens with zero attached hydrogens (tertiary/aromatic N) is 1. The number of sulfonamides is 1. The van der Waals surface area contributed by atoms with E-state index in [0.717, 1.165) is 21.7 Å². The van der Waals surface area contributed by atoms with E-state index in [1.165, 1.54) is 0 Å². The summed E-state index contributed by atoms with van der Waals surface area (Å²) in [7, 11) is -3.53. The first-order valence-corrected chi connectivity index (χ1v) is 10.7. The largest absolute Gasteiger partial charge is 0.398 e. The Morgan fingerprint density at radius 2 is 1.74 bits per heavy atom. The zero-order chi connectivity index (χ0) is 19.6. The molecule has 1 heterocycles. The van der Waals surface area contributed by atoms with Gasteiger partial charge in [0.15, 0.2) is 0 Å². The lowest BCUT2D eigenvalue weighted by Crippen LogP contribution is -2.22. The molecule has 3 N–H and O–H groups in total. The predicted octanol–water partition coefficient (Wildman–Crippen LogP) is 4.69. The number of rotatable bonds is 5. The van der Waals surface area contributed by atoms with Gasteiger partial charge in [-0.15, -0.1) is 11.3 Å². The summed E-state index contributed by atoms with van der Waals surface area (Å²) in [6, 6.07) is 16.7. The van der Waals surface area contributed by atoms with Crippen LogP contribution in [0.1, 0.15) is 19.4 Å². The van der Waals surface area contributed by atoms with Gasteiger partial charge < -0.3 is 5.73 Å². The van der Waals surface area contributed by atoms with E-state index in [4.69, 9.17) is 11.0 Å². The Bertz CT molecular complexity index is 1110. The Morgan fingerprint density at radius 3 is 2.30 bits per heavy atom. The van der Waals surface area contributed by atoms with Crippen LogP contribution >= 0.6 is 11.3 Å². The molecule has 0 atom stereocenters. The summed E-state index contributed by atoms with van der Waals surface area (Å²) in [6.45, 7) is 3.22. The molecule has 0 spiro atoms. The van der Waals surface area contributed by atoms with Gasteiger partial charge in [0.1, 0.15) is 0 Å². The average Bonchev–Trinajstić information content (AvgIpc) is 3.07. The smallest absolute Gasteiger partial charge is 0.235 e. The van der Waals surface area contributed by atoms with Crippen molar-refractivity contribution in [2.45, 2.75) is 19.1 Å². The molecule has 0 aliphatic rings. The zero-order valence-electron chi connectivity index (χ0n) is 14.9. The second-order valence-electron chi connectivity index (χ2n) is 6.35. The molecule has 5 nitrogen and oxygen atoms in total.